The molecule has 1 aliphatic heterocycles. The zero-order valence-corrected chi connectivity index (χ0v) is 17.9. The largest absolute Gasteiger partial charge is 0.381 e. The lowest BCUT2D eigenvalue weighted by Gasteiger charge is -2.39. The number of hydrogen-bond donors (Lipinski definition) is 1. The molecule has 3 heteroatoms. The first-order valence-corrected chi connectivity index (χ1v) is 10.1. The molecule has 0 fully saturated rings. The summed E-state index contributed by atoms with van der Waals surface area (Å²) in [6, 6.07) is 13.4. The van der Waals surface area contributed by atoms with Gasteiger partial charge < -0.3 is 5.32 Å². The molecular weight excluding hydrogens is 384 g/mol. The van der Waals surface area contributed by atoms with Crippen molar-refractivity contribution in [3.05, 3.63) is 63.6 Å². The predicted octanol–water partition coefficient (Wildman–Crippen LogP) is 5.86. The molecule has 0 bridgehead atoms. The smallest absolute Gasteiger partial charge is 0.0387 e. The standard InChI is InChI=1S/C23H27BrN2/c1-22(2)13-17(23(3,4)26(22)5)14-25-19-7-9-21-16(12-19)10-15-11-18(24)6-8-20(15)21/h6-9,11-13,25H,10,14H2,1-5H3. The second-order valence-corrected chi connectivity index (χ2v) is 9.56. The van der Waals surface area contributed by atoms with Gasteiger partial charge in [0, 0.05) is 27.8 Å². The maximum absolute atomic E-state index is 3.66. The minimum atomic E-state index is 0.0791. The third kappa shape index (κ3) is 2.82. The molecule has 0 atom stereocenters. The van der Waals surface area contributed by atoms with Crippen molar-refractivity contribution in [1.82, 2.24) is 4.90 Å². The van der Waals surface area contributed by atoms with Gasteiger partial charge in [-0.1, -0.05) is 34.1 Å². The van der Waals surface area contributed by atoms with Gasteiger partial charge in [-0.15, -0.1) is 0 Å². The molecule has 2 aliphatic rings. The number of nitrogens with one attached hydrogen (secondary N) is 1. The van der Waals surface area contributed by atoms with Crippen molar-refractivity contribution in [3.63, 3.8) is 0 Å². The number of benzene rings is 2. The number of hydrogen-bond acceptors (Lipinski definition) is 2. The van der Waals surface area contributed by atoms with Crippen molar-refractivity contribution in [2.24, 2.45) is 0 Å². The van der Waals surface area contributed by atoms with Crippen molar-refractivity contribution >= 4 is 21.6 Å². The Balaban J connectivity index is 1.54. The first kappa shape index (κ1) is 17.8. The third-order valence-electron chi connectivity index (χ3n) is 6.34. The van der Waals surface area contributed by atoms with Crippen LogP contribution in [-0.4, -0.2) is 29.6 Å². The number of anilines is 1. The highest BCUT2D eigenvalue weighted by molar-refractivity contribution is 9.10. The van der Waals surface area contributed by atoms with Gasteiger partial charge in [0.1, 0.15) is 0 Å². The molecule has 26 heavy (non-hydrogen) atoms. The number of fused-ring (bicyclic) bond motifs is 3. The summed E-state index contributed by atoms with van der Waals surface area (Å²) in [5, 5.41) is 3.66. The van der Waals surface area contributed by atoms with Crippen molar-refractivity contribution in [2.45, 2.75) is 45.2 Å². The van der Waals surface area contributed by atoms with Crippen LogP contribution in [0.3, 0.4) is 0 Å². The van der Waals surface area contributed by atoms with E-state index in [1.807, 2.05) is 0 Å². The molecule has 0 amide bonds. The van der Waals surface area contributed by atoms with E-state index in [1.165, 1.54) is 33.5 Å². The van der Waals surface area contributed by atoms with Gasteiger partial charge >= 0.3 is 0 Å². The lowest BCUT2D eigenvalue weighted by atomic mass is 9.95. The van der Waals surface area contributed by atoms with Crippen LogP contribution >= 0.6 is 15.9 Å². The van der Waals surface area contributed by atoms with E-state index >= 15 is 0 Å². The van der Waals surface area contributed by atoms with Gasteiger partial charge in [0.05, 0.1) is 0 Å². The third-order valence-corrected chi connectivity index (χ3v) is 6.84. The fourth-order valence-corrected chi connectivity index (χ4v) is 4.80. The summed E-state index contributed by atoms with van der Waals surface area (Å²) in [5.41, 5.74) is 8.42. The lowest BCUT2D eigenvalue weighted by Crippen LogP contribution is -2.47. The summed E-state index contributed by atoms with van der Waals surface area (Å²) >= 11 is 3.59. The summed E-state index contributed by atoms with van der Waals surface area (Å²) in [4.78, 5) is 2.45. The first-order chi connectivity index (χ1) is 12.2. The van der Waals surface area contributed by atoms with Gasteiger partial charge in [-0.2, -0.15) is 0 Å². The van der Waals surface area contributed by atoms with Crippen LogP contribution in [0.25, 0.3) is 11.1 Å². The van der Waals surface area contributed by atoms with Crippen molar-refractivity contribution in [2.75, 3.05) is 18.9 Å². The van der Waals surface area contributed by atoms with Gasteiger partial charge in [-0.25, -0.2) is 0 Å². The second-order valence-electron chi connectivity index (χ2n) is 8.64. The zero-order valence-electron chi connectivity index (χ0n) is 16.3. The van der Waals surface area contributed by atoms with Crippen LogP contribution in [0, 0.1) is 0 Å². The van der Waals surface area contributed by atoms with Crippen LogP contribution in [0.4, 0.5) is 5.69 Å². The molecule has 0 saturated carbocycles. The Kier molecular flexibility index (Phi) is 4.09. The van der Waals surface area contributed by atoms with Gasteiger partial charge in [-0.05, 0) is 93.3 Å². The molecule has 136 valence electrons. The van der Waals surface area contributed by atoms with Crippen LogP contribution in [-0.2, 0) is 6.42 Å². The molecule has 1 aliphatic carbocycles. The van der Waals surface area contributed by atoms with E-state index in [9.17, 15) is 0 Å². The summed E-state index contributed by atoms with van der Waals surface area (Å²) in [6.07, 6.45) is 3.43. The van der Waals surface area contributed by atoms with Crippen LogP contribution in [0.1, 0.15) is 38.8 Å². The molecule has 0 spiro atoms. The van der Waals surface area contributed by atoms with Crippen molar-refractivity contribution < 1.29 is 0 Å². The van der Waals surface area contributed by atoms with E-state index in [0.29, 0.717) is 0 Å². The Hall–Kier alpha value is -1.58. The molecule has 4 rings (SSSR count). The average Bonchev–Trinajstić information content (AvgIpc) is 3.00. The Morgan fingerprint density at radius 3 is 2.31 bits per heavy atom. The summed E-state index contributed by atoms with van der Waals surface area (Å²) < 4.78 is 1.16. The summed E-state index contributed by atoms with van der Waals surface area (Å²) in [6.45, 7) is 10.1. The fourth-order valence-electron chi connectivity index (χ4n) is 4.39. The molecule has 2 aromatic rings. The molecule has 0 radical (unpaired) electrons. The van der Waals surface area contributed by atoms with Crippen LogP contribution in [0.5, 0.6) is 0 Å². The lowest BCUT2D eigenvalue weighted by molar-refractivity contribution is 0.128. The van der Waals surface area contributed by atoms with E-state index in [4.69, 9.17) is 0 Å². The predicted molar refractivity (Wildman–Crippen MR) is 115 cm³/mol. The number of likely N-dealkylation sites (N-methyl/N-ethyl adjacent to an activating group) is 1. The highest BCUT2D eigenvalue weighted by Gasteiger charge is 2.42. The normalized spacial score (nSPS) is 19.8. The average molecular weight is 411 g/mol. The van der Waals surface area contributed by atoms with E-state index in [-0.39, 0.29) is 11.1 Å². The minimum Gasteiger partial charge on any atom is -0.381 e. The Labute approximate surface area is 165 Å². The van der Waals surface area contributed by atoms with Gasteiger partial charge in [-0.3, -0.25) is 4.90 Å². The van der Waals surface area contributed by atoms with Gasteiger partial charge in [0.25, 0.3) is 0 Å². The molecule has 1 heterocycles. The monoisotopic (exact) mass is 410 g/mol. The Morgan fingerprint density at radius 2 is 1.65 bits per heavy atom. The number of nitrogens with zero attached hydrogens (tertiary/aromatic N) is 1. The van der Waals surface area contributed by atoms with E-state index < -0.39 is 0 Å². The molecule has 0 saturated heterocycles. The van der Waals surface area contributed by atoms with Crippen LogP contribution in [0.2, 0.25) is 0 Å². The highest BCUT2D eigenvalue weighted by Crippen LogP contribution is 2.40. The maximum Gasteiger partial charge on any atom is 0.0387 e. The van der Waals surface area contributed by atoms with E-state index in [2.05, 4.69) is 103 Å². The van der Waals surface area contributed by atoms with Crippen LogP contribution in [0.15, 0.2) is 52.5 Å². The molecule has 0 unspecified atom stereocenters. The Morgan fingerprint density at radius 1 is 1.00 bits per heavy atom. The van der Waals surface area contributed by atoms with E-state index in [1.54, 1.807) is 0 Å². The molecular formula is C23H27BrN2. The topological polar surface area (TPSA) is 15.3 Å². The van der Waals surface area contributed by atoms with Crippen molar-refractivity contribution in [1.29, 1.82) is 0 Å². The van der Waals surface area contributed by atoms with Gasteiger partial charge in [0.2, 0.25) is 0 Å². The fraction of sp³-hybridized carbons (Fsp3) is 0.391. The minimum absolute atomic E-state index is 0.0791. The first-order valence-electron chi connectivity index (χ1n) is 9.30. The molecule has 2 nitrogen and oxygen atoms in total. The number of rotatable bonds is 3. The zero-order chi connectivity index (χ0) is 18.7. The number of halogens is 1. The molecule has 2 aromatic carbocycles. The second kappa shape index (κ2) is 5.97. The summed E-state index contributed by atoms with van der Waals surface area (Å²) in [5.74, 6) is 0. The quantitative estimate of drug-likeness (QED) is 0.543. The van der Waals surface area contributed by atoms with Gasteiger partial charge in [0.15, 0.2) is 0 Å². The summed E-state index contributed by atoms with van der Waals surface area (Å²) in [7, 11) is 2.22. The van der Waals surface area contributed by atoms with Crippen molar-refractivity contribution in [3.8, 4) is 11.1 Å². The van der Waals surface area contributed by atoms with E-state index in [0.717, 1.165) is 17.4 Å². The molecule has 1 N–H and O–H groups in total. The highest BCUT2D eigenvalue weighted by atomic mass is 79.9. The van der Waals surface area contributed by atoms with Crippen LogP contribution < -0.4 is 5.32 Å². The molecule has 0 aromatic heterocycles. The Bertz CT molecular complexity index is 908. The SMILES string of the molecule is CN1C(C)(C)C=C(CNc2ccc3c(c2)Cc2cc(Br)ccc2-3)C1(C)C. The maximum atomic E-state index is 3.66.